The smallest absolute Gasteiger partial charge is 0.227 e. The molecule has 1 unspecified atom stereocenters. The van der Waals surface area contributed by atoms with Crippen LogP contribution in [0, 0.1) is 0 Å². The quantitative estimate of drug-likeness (QED) is 0.852. The molecule has 0 heterocycles. The summed E-state index contributed by atoms with van der Waals surface area (Å²) in [5.74, 6) is -0.0347. The van der Waals surface area contributed by atoms with Crippen molar-refractivity contribution in [1.29, 1.82) is 0 Å². The van der Waals surface area contributed by atoms with Gasteiger partial charge in [-0.3, -0.25) is 4.79 Å². The Labute approximate surface area is 112 Å². The Morgan fingerprint density at radius 2 is 2.24 bits per heavy atom. The van der Waals surface area contributed by atoms with Crippen molar-refractivity contribution < 1.29 is 4.79 Å². The first kappa shape index (κ1) is 13.9. The van der Waals surface area contributed by atoms with E-state index >= 15 is 0 Å². The zero-order valence-corrected chi connectivity index (χ0v) is 11.4. The summed E-state index contributed by atoms with van der Waals surface area (Å²) < 4.78 is 0. The monoisotopic (exact) mass is 270 g/mol. The van der Waals surface area contributed by atoms with Crippen LogP contribution in [0.1, 0.15) is 12.5 Å². The zero-order valence-electron chi connectivity index (χ0n) is 9.81. The first-order chi connectivity index (χ1) is 7.91. The number of nitrogens with zero attached hydrogens (tertiary/aromatic N) is 1. The molecule has 92 valence electrons. The third-order valence-corrected chi connectivity index (χ3v) is 3.21. The third-order valence-electron chi connectivity index (χ3n) is 2.63. The second-order valence-corrected chi connectivity index (χ2v) is 4.80. The molecule has 0 saturated carbocycles. The van der Waals surface area contributed by atoms with Gasteiger partial charge in [-0.15, -0.1) is 0 Å². The van der Waals surface area contributed by atoms with Crippen LogP contribution in [0.4, 0.5) is 0 Å². The van der Waals surface area contributed by atoms with E-state index in [1.165, 1.54) is 0 Å². The van der Waals surface area contributed by atoms with Gasteiger partial charge in [0, 0.05) is 12.1 Å². The Hall–Kier alpha value is -1.13. The second-order valence-electron chi connectivity index (χ2n) is 3.89. The maximum absolute atomic E-state index is 11.9. The molecule has 1 rings (SSSR count). The predicted octanol–water partition coefficient (Wildman–Crippen LogP) is 2.02. The lowest BCUT2D eigenvalue weighted by atomic mass is 10.1. The minimum Gasteiger partial charge on any atom is -0.392 e. The minimum atomic E-state index is -0.239. The van der Waals surface area contributed by atoms with E-state index in [0.29, 0.717) is 16.4 Å². The SMILES string of the molecule is CC(C(N)=S)N(C)C(=O)Cc1cccc(Cl)c1. The van der Waals surface area contributed by atoms with E-state index in [1.54, 1.807) is 31.0 Å². The number of rotatable bonds is 4. The summed E-state index contributed by atoms with van der Waals surface area (Å²) in [4.78, 5) is 13.8. The van der Waals surface area contributed by atoms with Gasteiger partial charge in [-0.1, -0.05) is 36.0 Å². The molecule has 1 aromatic rings. The number of halogens is 1. The van der Waals surface area contributed by atoms with Crippen molar-refractivity contribution >= 4 is 34.7 Å². The molecule has 1 aromatic carbocycles. The van der Waals surface area contributed by atoms with E-state index in [0.717, 1.165) is 5.56 Å². The Kier molecular flexibility index (Phi) is 4.90. The number of hydrogen-bond acceptors (Lipinski definition) is 2. The molecule has 2 N–H and O–H groups in total. The van der Waals surface area contributed by atoms with Gasteiger partial charge in [0.2, 0.25) is 5.91 Å². The molecule has 1 amide bonds. The van der Waals surface area contributed by atoms with E-state index < -0.39 is 0 Å². The zero-order chi connectivity index (χ0) is 13.0. The highest BCUT2D eigenvalue weighted by molar-refractivity contribution is 7.80. The average molecular weight is 271 g/mol. The number of hydrogen-bond donors (Lipinski definition) is 1. The summed E-state index contributed by atoms with van der Waals surface area (Å²) in [7, 11) is 1.69. The lowest BCUT2D eigenvalue weighted by Gasteiger charge is -2.24. The number of nitrogens with two attached hydrogens (primary N) is 1. The van der Waals surface area contributed by atoms with Gasteiger partial charge in [0.1, 0.15) is 0 Å². The van der Waals surface area contributed by atoms with Gasteiger partial charge >= 0.3 is 0 Å². The van der Waals surface area contributed by atoms with Gasteiger partial charge in [-0.2, -0.15) is 0 Å². The molecular formula is C12H15ClN2OS. The van der Waals surface area contributed by atoms with Gasteiger partial charge in [-0.25, -0.2) is 0 Å². The standard InChI is InChI=1S/C12H15ClN2OS/c1-8(12(14)17)15(2)11(16)7-9-4-3-5-10(13)6-9/h3-6,8H,7H2,1-2H3,(H2,14,17). The number of carbonyl (C=O) groups excluding carboxylic acids is 1. The van der Waals surface area contributed by atoms with Gasteiger partial charge in [0.15, 0.2) is 0 Å². The summed E-state index contributed by atoms with van der Waals surface area (Å²) >= 11 is 10.7. The average Bonchev–Trinajstić information content (AvgIpc) is 2.26. The van der Waals surface area contributed by atoms with Crippen LogP contribution in [0.2, 0.25) is 5.02 Å². The predicted molar refractivity (Wildman–Crippen MR) is 74.2 cm³/mol. The van der Waals surface area contributed by atoms with Crippen LogP contribution in [-0.4, -0.2) is 28.9 Å². The molecule has 17 heavy (non-hydrogen) atoms. The lowest BCUT2D eigenvalue weighted by molar-refractivity contribution is -0.129. The molecule has 0 aliphatic carbocycles. The van der Waals surface area contributed by atoms with E-state index in [2.05, 4.69) is 0 Å². The van der Waals surface area contributed by atoms with Crippen molar-refractivity contribution in [3.8, 4) is 0 Å². The number of amides is 1. The molecule has 0 radical (unpaired) electrons. The highest BCUT2D eigenvalue weighted by atomic mass is 35.5. The Bertz CT molecular complexity index is 436. The second kappa shape index (κ2) is 5.98. The fourth-order valence-corrected chi connectivity index (χ4v) is 1.72. The Morgan fingerprint density at radius 3 is 2.76 bits per heavy atom. The Balaban J connectivity index is 2.69. The normalized spacial score (nSPS) is 11.9. The summed E-state index contributed by atoms with van der Waals surface area (Å²) in [6.45, 7) is 1.80. The van der Waals surface area contributed by atoms with Crippen LogP contribution < -0.4 is 5.73 Å². The minimum absolute atomic E-state index is 0.0347. The number of likely N-dealkylation sites (N-methyl/N-ethyl adjacent to an activating group) is 1. The number of thiocarbonyl (C=S) groups is 1. The van der Waals surface area contributed by atoms with Crippen LogP contribution in [0.3, 0.4) is 0 Å². The van der Waals surface area contributed by atoms with Crippen molar-refractivity contribution in [3.63, 3.8) is 0 Å². The molecule has 0 saturated heterocycles. The number of benzene rings is 1. The summed E-state index contributed by atoms with van der Waals surface area (Å²) in [6.07, 6.45) is 0.296. The van der Waals surface area contributed by atoms with Gasteiger partial charge in [0.05, 0.1) is 17.5 Å². The molecule has 0 bridgehead atoms. The molecule has 0 aliphatic heterocycles. The fraction of sp³-hybridized carbons (Fsp3) is 0.333. The summed E-state index contributed by atoms with van der Waals surface area (Å²) in [5, 5.41) is 0.625. The number of carbonyl (C=O) groups is 1. The van der Waals surface area contributed by atoms with Crippen LogP contribution in [0.15, 0.2) is 24.3 Å². The van der Waals surface area contributed by atoms with Crippen molar-refractivity contribution in [3.05, 3.63) is 34.9 Å². The van der Waals surface area contributed by atoms with E-state index in [1.807, 2.05) is 12.1 Å². The van der Waals surface area contributed by atoms with E-state index in [-0.39, 0.29) is 11.9 Å². The van der Waals surface area contributed by atoms with Crippen molar-refractivity contribution in [2.75, 3.05) is 7.05 Å². The molecule has 3 nitrogen and oxygen atoms in total. The van der Waals surface area contributed by atoms with Crippen LogP contribution >= 0.6 is 23.8 Å². The molecule has 5 heteroatoms. The molecule has 0 aliphatic rings. The molecule has 1 atom stereocenters. The largest absolute Gasteiger partial charge is 0.392 e. The van der Waals surface area contributed by atoms with Crippen LogP contribution in [0.25, 0.3) is 0 Å². The maximum atomic E-state index is 11.9. The Morgan fingerprint density at radius 1 is 1.59 bits per heavy atom. The third kappa shape index (κ3) is 3.98. The van der Waals surface area contributed by atoms with Gasteiger partial charge in [0.25, 0.3) is 0 Å². The van der Waals surface area contributed by atoms with E-state index in [9.17, 15) is 4.79 Å². The molecule has 0 fully saturated rings. The molecule has 0 spiro atoms. The summed E-state index contributed by atoms with van der Waals surface area (Å²) in [6, 6.07) is 7.00. The highest BCUT2D eigenvalue weighted by Crippen LogP contribution is 2.12. The first-order valence-corrected chi connectivity index (χ1v) is 6.00. The lowest BCUT2D eigenvalue weighted by Crippen LogP contribution is -2.43. The van der Waals surface area contributed by atoms with Crippen LogP contribution in [0.5, 0.6) is 0 Å². The van der Waals surface area contributed by atoms with Crippen LogP contribution in [-0.2, 0) is 11.2 Å². The summed E-state index contributed by atoms with van der Waals surface area (Å²) in [5.41, 5.74) is 6.39. The van der Waals surface area contributed by atoms with Crippen molar-refractivity contribution in [2.45, 2.75) is 19.4 Å². The fourth-order valence-electron chi connectivity index (χ4n) is 1.35. The van der Waals surface area contributed by atoms with Crippen molar-refractivity contribution in [2.24, 2.45) is 5.73 Å². The topological polar surface area (TPSA) is 46.3 Å². The maximum Gasteiger partial charge on any atom is 0.227 e. The van der Waals surface area contributed by atoms with Gasteiger partial charge in [-0.05, 0) is 24.6 Å². The van der Waals surface area contributed by atoms with Gasteiger partial charge < -0.3 is 10.6 Å². The first-order valence-electron chi connectivity index (χ1n) is 5.21. The highest BCUT2D eigenvalue weighted by Gasteiger charge is 2.17. The van der Waals surface area contributed by atoms with E-state index in [4.69, 9.17) is 29.6 Å². The molecule has 0 aromatic heterocycles. The van der Waals surface area contributed by atoms with Crippen molar-refractivity contribution in [1.82, 2.24) is 4.90 Å². The molecular weight excluding hydrogens is 256 g/mol.